The van der Waals surface area contributed by atoms with Gasteiger partial charge in [-0.2, -0.15) is 0 Å². The van der Waals surface area contributed by atoms with Gasteiger partial charge in [-0.25, -0.2) is 4.98 Å². The molecule has 0 aliphatic carbocycles. The summed E-state index contributed by atoms with van der Waals surface area (Å²) in [7, 11) is 0. The Morgan fingerprint density at radius 2 is 2.25 bits per heavy atom. The fourth-order valence-electron chi connectivity index (χ4n) is 1.59. The van der Waals surface area contributed by atoms with Crippen LogP contribution in [0.15, 0.2) is 24.4 Å². The largest absolute Gasteiger partial charge is 0.320 e. The van der Waals surface area contributed by atoms with E-state index in [1.165, 1.54) is 11.3 Å². The molecule has 2 aromatic rings. The van der Waals surface area contributed by atoms with Gasteiger partial charge < -0.3 is 11.1 Å². The van der Waals surface area contributed by atoms with Crippen molar-refractivity contribution in [2.24, 2.45) is 5.73 Å². The molecule has 0 unspecified atom stereocenters. The molecule has 0 fully saturated rings. The van der Waals surface area contributed by atoms with Gasteiger partial charge in [-0.3, -0.25) is 4.79 Å². The third-order valence-corrected chi connectivity index (χ3v) is 3.88. The van der Waals surface area contributed by atoms with Crippen LogP contribution in [0.4, 0.5) is 5.82 Å². The van der Waals surface area contributed by atoms with E-state index < -0.39 is 0 Å². The van der Waals surface area contributed by atoms with Crippen LogP contribution in [-0.2, 0) is 0 Å². The minimum atomic E-state index is -0.150. The number of anilines is 1. The second-order valence-electron chi connectivity index (χ2n) is 4.24. The van der Waals surface area contributed by atoms with Gasteiger partial charge in [0.1, 0.15) is 5.82 Å². The number of nitrogens with zero attached hydrogens (tertiary/aromatic N) is 1. The molecule has 0 saturated heterocycles. The summed E-state index contributed by atoms with van der Waals surface area (Å²) < 4.78 is 0. The number of carbonyl (C=O) groups is 1. The van der Waals surface area contributed by atoms with E-state index in [-0.39, 0.29) is 5.91 Å². The lowest BCUT2D eigenvalue weighted by Gasteiger charge is -2.02. The first-order chi connectivity index (χ1) is 9.60. The van der Waals surface area contributed by atoms with Crippen molar-refractivity contribution in [3.63, 3.8) is 0 Å². The Kier molecular flexibility index (Phi) is 4.51. The highest BCUT2D eigenvalue weighted by Crippen LogP contribution is 2.21. The summed E-state index contributed by atoms with van der Waals surface area (Å²) in [5, 5.41) is 2.78. The quantitative estimate of drug-likeness (QED) is 0.832. The molecule has 0 spiro atoms. The number of amides is 1. The van der Waals surface area contributed by atoms with Crippen molar-refractivity contribution < 1.29 is 4.79 Å². The molecule has 2 heterocycles. The first kappa shape index (κ1) is 14.3. The predicted octanol–water partition coefficient (Wildman–Crippen LogP) is 2.32. The van der Waals surface area contributed by atoms with Crippen LogP contribution in [0.5, 0.6) is 0 Å². The van der Waals surface area contributed by atoms with E-state index in [1.807, 2.05) is 19.9 Å². The number of hydrogen-bond donors (Lipinski definition) is 2. The molecule has 3 N–H and O–H groups in total. The number of nitrogens with one attached hydrogen (secondary N) is 1. The third kappa shape index (κ3) is 3.44. The van der Waals surface area contributed by atoms with Crippen LogP contribution in [-0.4, -0.2) is 17.4 Å². The summed E-state index contributed by atoms with van der Waals surface area (Å²) in [5.74, 6) is 6.01. The second kappa shape index (κ2) is 6.33. The zero-order valence-electron chi connectivity index (χ0n) is 11.4. The third-order valence-electron chi connectivity index (χ3n) is 2.73. The van der Waals surface area contributed by atoms with Crippen molar-refractivity contribution in [2.75, 3.05) is 11.9 Å². The molecule has 0 saturated carbocycles. The van der Waals surface area contributed by atoms with Crippen LogP contribution in [0.25, 0.3) is 0 Å². The van der Waals surface area contributed by atoms with E-state index in [2.05, 4.69) is 22.1 Å². The van der Waals surface area contributed by atoms with Crippen molar-refractivity contribution in [1.29, 1.82) is 0 Å². The fraction of sp³-hybridized carbons (Fsp3) is 0.200. The topological polar surface area (TPSA) is 68.0 Å². The summed E-state index contributed by atoms with van der Waals surface area (Å²) in [6, 6.07) is 5.39. The molecule has 1 amide bonds. The molecule has 2 rings (SSSR count). The van der Waals surface area contributed by atoms with Crippen LogP contribution >= 0.6 is 11.3 Å². The number of pyridine rings is 1. The van der Waals surface area contributed by atoms with Crippen molar-refractivity contribution in [3.8, 4) is 11.8 Å². The maximum Gasteiger partial charge on any atom is 0.266 e. The Morgan fingerprint density at radius 3 is 2.90 bits per heavy atom. The summed E-state index contributed by atoms with van der Waals surface area (Å²) in [4.78, 5) is 18.0. The molecule has 4 nitrogen and oxygen atoms in total. The van der Waals surface area contributed by atoms with Gasteiger partial charge in [-0.05, 0) is 37.6 Å². The van der Waals surface area contributed by atoms with Crippen molar-refractivity contribution in [1.82, 2.24) is 4.98 Å². The molecular formula is C15H15N3OS. The molecule has 0 bridgehead atoms. The summed E-state index contributed by atoms with van der Waals surface area (Å²) >= 11 is 1.48. The first-order valence-corrected chi connectivity index (χ1v) is 6.95. The molecular weight excluding hydrogens is 270 g/mol. The van der Waals surface area contributed by atoms with E-state index in [0.717, 1.165) is 16.0 Å². The Bertz CT molecular complexity index is 675. The lowest BCUT2D eigenvalue weighted by molar-refractivity contribution is 0.103. The van der Waals surface area contributed by atoms with Gasteiger partial charge in [0.25, 0.3) is 5.91 Å². The molecule has 0 aliphatic rings. The predicted molar refractivity (Wildman–Crippen MR) is 81.9 cm³/mol. The second-order valence-corrected chi connectivity index (χ2v) is 5.50. The maximum atomic E-state index is 12.1. The zero-order chi connectivity index (χ0) is 14.5. The Morgan fingerprint density at radius 1 is 1.45 bits per heavy atom. The molecule has 2 aromatic heterocycles. The van der Waals surface area contributed by atoms with Gasteiger partial charge in [-0.1, -0.05) is 11.8 Å². The molecule has 20 heavy (non-hydrogen) atoms. The summed E-state index contributed by atoms with van der Waals surface area (Å²) in [6.07, 6.45) is 1.61. The Hall–Kier alpha value is -2.16. The van der Waals surface area contributed by atoms with E-state index in [4.69, 9.17) is 5.73 Å². The minimum Gasteiger partial charge on any atom is -0.320 e. The smallest absolute Gasteiger partial charge is 0.266 e. The number of aryl methyl sites for hydroxylation is 2. The van der Waals surface area contributed by atoms with Crippen molar-refractivity contribution >= 4 is 23.1 Å². The van der Waals surface area contributed by atoms with Gasteiger partial charge in [0.2, 0.25) is 0 Å². The first-order valence-electron chi connectivity index (χ1n) is 6.13. The van der Waals surface area contributed by atoms with E-state index >= 15 is 0 Å². The highest BCUT2D eigenvalue weighted by molar-refractivity contribution is 7.14. The van der Waals surface area contributed by atoms with Crippen LogP contribution in [0.1, 0.15) is 25.7 Å². The van der Waals surface area contributed by atoms with Gasteiger partial charge in [0, 0.05) is 16.6 Å². The summed E-state index contributed by atoms with van der Waals surface area (Å²) in [5.41, 5.74) is 7.23. The van der Waals surface area contributed by atoms with E-state index in [9.17, 15) is 4.79 Å². The fourth-order valence-corrected chi connectivity index (χ4v) is 2.52. The number of nitrogens with two attached hydrogens (primary N) is 1. The number of hydrogen-bond acceptors (Lipinski definition) is 4. The Labute approximate surface area is 122 Å². The highest BCUT2D eigenvalue weighted by atomic mass is 32.1. The maximum absolute atomic E-state index is 12.1. The standard InChI is InChI=1S/C15H15N3OS/c1-10-8-13(20-11(10)2)15(19)18-14-9-12(4-3-6-16)5-7-17-14/h5,7-9H,6,16H2,1-2H3,(H,17,18,19). The van der Waals surface area contributed by atoms with Crippen LogP contribution in [0.3, 0.4) is 0 Å². The van der Waals surface area contributed by atoms with E-state index in [1.54, 1.807) is 18.3 Å². The van der Waals surface area contributed by atoms with Crippen LogP contribution < -0.4 is 11.1 Å². The molecule has 0 aliphatic heterocycles. The lowest BCUT2D eigenvalue weighted by atomic mass is 10.2. The van der Waals surface area contributed by atoms with Crippen molar-refractivity contribution in [3.05, 3.63) is 45.3 Å². The normalized spacial score (nSPS) is 9.75. The van der Waals surface area contributed by atoms with Gasteiger partial charge in [0.15, 0.2) is 0 Å². The monoisotopic (exact) mass is 285 g/mol. The van der Waals surface area contributed by atoms with Gasteiger partial charge >= 0.3 is 0 Å². The molecule has 0 aromatic carbocycles. The van der Waals surface area contributed by atoms with E-state index in [0.29, 0.717) is 17.2 Å². The summed E-state index contributed by atoms with van der Waals surface area (Å²) in [6.45, 7) is 4.29. The molecule has 0 atom stereocenters. The zero-order valence-corrected chi connectivity index (χ0v) is 12.2. The SMILES string of the molecule is Cc1cc(C(=O)Nc2cc(C#CCN)ccn2)sc1C. The number of carbonyl (C=O) groups excluding carboxylic acids is 1. The lowest BCUT2D eigenvalue weighted by Crippen LogP contribution is -2.11. The average molecular weight is 285 g/mol. The van der Waals surface area contributed by atoms with Crippen LogP contribution in [0, 0.1) is 25.7 Å². The number of rotatable bonds is 2. The van der Waals surface area contributed by atoms with Gasteiger partial charge in [-0.15, -0.1) is 11.3 Å². The van der Waals surface area contributed by atoms with Crippen LogP contribution in [0.2, 0.25) is 0 Å². The average Bonchev–Trinajstić information content (AvgIpc) is 2.77. The number of thiophene rings is 1. The van der Waals surface area contributed by atoms with Gasteiger partial charge in [0.05, 0.1) is 11.4 Å². The highest BCUT2D eigenvalue weighted by Gasteiger charge is 2.11. The number of aromatic nitrogens is 1. The minimum absolute atomic E-state index is 0.150. The molecule has 5 heteroatoms. The molecule has 102 valence electrons. The molecule has 0 radical (unpaired) electrons. The van der Waals surface area contributed by atoms with Crippen molar-refractivity contribution in [2.45, 2.75) is 13.8 Å². The Balaban J connectivity index is 2.15.